The van der Waals surface area contributed by atoms with E-state index in [4.69, 9.17) is 69.6 Å². The van der Waals surface area contributed by atoms with Crippen molar-refractivity contribution in [2.24, 2.45) is 0 Å². The minimum Gasteiger partial charge on any atom is -0.124 e. The third-order valence-corrected chi connectivity index (χ3v) is 6.56. The summed E-state index contributed by atoms with van der Waals surface area (Å²) < 4.78 is 0. The Labute approximate surface area is 157 Å². The van der Waals surface area contributed by atoms with E-state index in [0.29, 0.717) is 0 Å². The van der Waals surface area contributed by atoms with Crippen LogP contribution in [0.2, 0.25) is 0 Å². The smallest absolute Gasteiger partial charge is 0.0801 e. The molecule has 0 aromatic heterocycles. The Balaban J connectivity index is 3.55. The fourth-order valence-corrected chi connectivity index (χ4v) is 2.55. The van der Waals surface area contributed by atoms with Gasteiger partial charge in [0.2, 0.25) is 0 Å². The summed E-state index contributed by atoms with van der Waals surface area (Å²) in [7, 11) is 0. The van der Waals surface area contributed by atoms with Crippen molar-refractivity contribution in [2.45, 2.75) is 35.4 Å². The van der Waals surface area contributed by atoms with E-state index >= 15 is 0 Å². The van der Waals surface area contributed by atoms with E-state index in [0.717, 1.165) is 16.7 Å². The first kappa shape index (κ1) is 20.0. The van der Waals surface area contributed by atoms with Gasteiger partial charge in [-0.3, -0.25) is 0 Å². The molecule has 120 valence electrons. The average molecular weight is 411 g/mol. The third kappa shape index (κ3) is 4.72. The summed E-state index contributed by atoms with van der Waals surface area (Å²) in [5.41, 5.74) is 2.54. The van der Waals surface area contributed by atoms with Gasteiger partial charge >= 0.3 is 0 Å². The van der Waals surface area contributed by atoms with Crippen molar-refractivity contribution in [1.29, 1.82) is 0 Å². The maximum atomic E-state index is 6.49. The van der Waals surface area contributed by atoms with E-state index in [9.17, 15) is 0 Å². The highest BCUT2D eigenvalue weighted by Crippen LogP contribution is 2.40. The van der Waals surface area contributed by atoms with Gasteiger partial charge in [0.25, 0.3) is 0 Å². The van der Waals surface area contributed by atoms with Crippen LogP contribution in [0, 0.1) is 0 Å². The van der Waals surface area contributed by atoms with E-state index in [1.54, 1.807) is 0 Å². The lowest BCUT2D eigenvalue weighted by Gasteiger charge is -2.29. The van der Waals surface area contributed by atoms with Gasteiger partial charge in [-0.15, -0.1) is 69.6 Å². The van der Waals surface area contributed by atoms with Crippen LogP contribution >= 0.6 is 69.6 Å². The first-order chi connectivity index (χ1) is 9.50. The van der Waals surface area contributed by atoms with Crippen molar-refractivity contribution in [3.63, 3.8) is 0 Å². The first-order valence-electron chi connectivity index (χ1n) is 6.41. The molecule has 1 aromatic carbocycles. The molecule has 0 aliphatic carbocycles. The third-order valence-electron chi connectivity index (χ3n) is 3.49. The van der Waals surface area contributed by atoms with Gasteiger partial charge in [0.05, 0.1) is 14.6 Å². The molecule has 0 heterocycles. The van der Waals surface area contributed by atoms with Crippen molar-refractivity contribution >= 4 is 69.6 Å². The quantitative estimate of drug-likeness (QED) is 0.454. The molecule has 0 nitrogen and oxygen atoms in total. The second-order valence-corrected chi connectivity index (χ2v) is 9.10. The molecule has 0 bridgehead atoms. The topological polar surface area (TPSA) is 0 Å². The van der Waals surface area contributed by atoms with Crippen LogP contribution in [0.15, 0.2) is 18.2 Å². The van der Waals surface area contributed by atoms with Crippen molar-refractivity contribution < 1.29 is 0 Å². The Kier molecular flexibility index (Phi) is 6.90. The van der Waals surface area contributed by atoms with Gasteiger partial charge in [-0.1, -0.05) is 18.2 Å². The Bertz CT molecular complexity index is 409. The summed E-state index contributed by atoms with van der Waals surface area (Å²) in [6.07, 6.45) is 0. The van der Waals surface area contributed by atoms with E-state index in [2.05, 4.69) is 0 Å². The van der Waals surface area contributed by atoms with Crippen LogP contribution in [-0.4, -0.2) is 17.6 Å². The van der Waals surface area contributed by atoms with Crippen molar-refractivity contribution in [3.8, 4) is 0 Å². The first-order valence-corrected chi connectivity index (χ1v) is 9.15. The molecule has 1 aromatic rings. The maximum Gasteiger partial charge on any atom is 0.0801 e. The number of hydrogen-bond acceptors (Lipinski definition) is 0. The normalized spacial score (nSPS) is 20.4. The Morgan fingerprint density at radius 1 is 0.619 bits per heavy atom. The van der Waals surface area contributed by atoms with Gasteiger partial charge in [0.15, 0.2) is 0 Å². The molecule has 21 heavy (non-hydrogen) atoms. The zero-order valence-electron chi connectivity index (χ0n) is 12.1. The standard InChI is InChI=1S/C15H18Cl6/c1-13(19,7-16)10-4-11(14(2,20)8-17)6-12(5-10)15(3,21)9-18/h4-6H,7-9H2,1-3H3. The Morgan fingerprint density at radius 3 is 0.952 bits per heavy atom. The lowest BCUT2D eigenvalue weighted by Crippen LogP contribution is -2.24. The molecule has 0 saturated heterocycles. The van der Waals surface area contributed by atoms with Gasteiger partial charge in [0, 0.05) is 17.6 Å². The second-order valence-electron chi connectivity index (χ2n) is 5.79. The minimum atomic E-state index is -0.717. The highest BCUT2D eigenvalue weighted by atomic mass is 35.5. The van der Waals surface area contributed by atoms with Crippen molar-refractivity contribution in [2.75, 3.05) is 17.6 Å². The zero-order chi connectivity index (χ0) is 16.5. The molecule has 0 N–H and O–H groups in total. The molecule has 0 amide bonds. The zero-order valence-corrected chi connectivity index (χ0v) is 16.7. The van der Waals surface area contributed by atoms with Gasteiger partial charge in [-0.05, 0) is 37.5 Å². The molecular weight excluding hydrogens is 393 g/mol. The molecule has 0 radical (unpaired) electrons. The molecule has 0 spiro atoms. The Hall–Kier alpha value is 0.960. The summed E-state index contributed by atoms with van der Waals surface area (Å²) in [6, 6.07) is 5.78. The highest BCUT2D eigenvalue weighted by Gasteiger charge is 2.32. The van der Waals surface area contributed by atoms with E-state index in [1.807, 2.05) is 39.0 Å². The molecule has 0 saturated carbocycles. The molecule has 0 aliphatic rings. The SMILES string of the molecule is CC(Cl)(CCl)c1cc(C(C)(Cl)CCl)cc(C(C)(Cl)CCl)c1. The minimum absolute atomic E-state index is 0.261. The van der Waals surface area contributed by atoms with Crippen LogP contribution in [0.3, 0.4) is 0 Å². The number of rotatable bonds is 6. The lowest BCUT2D eigenvalue weighted by molar-refractivity contribution is 0.718. The Morgan fingerprint density at radius 2 is 0.810 bits per heavy atom. The molecule has 0 fully saturated rings. The van der Waals surface area contributed by atoms with Crippen LogP contribution in [0.25, 0.3) is 0 Å². The van der Waals surface area contributed by atoms with Crippen molar-refractivity contribution in [3.05, 3.63) is 34.9 Å². The van der Waals surface area contributed by atoms with Crippen molar-refractivity contribution in [1.82, 2.24) is 0 Å². The summed E-state index contributed by atoms with van der Waals surface area (Å²) in [4.78, 5) is -2.15. The maximum absolute atomic E-state index is 6.49. The molecule has 6 heteroatoms. The highest BCUT2D eigenvalue weighted by molar-refractivity contribution is 6.32. The van der Waals surface area contributed by atoms with Crippen LogP contribution in [0.1, 0.15) is 37.5 Å². The monoisotopic (exact) mass is 408 g/mol. The number of alkyl halides is 6. The lowest BCUT2D eigenvalue weighted by atomic mass is 9.88. The number of hydrogen-bond donors (Lipinski definition) is 0. The van der Waals surface area contributed by atoms with Crippen LogP contribution in [0.4, 0.5) is 0 Å². The average Bonchev–Trinajstić information content (AvgIpc) is 2.46. The van der Waals surface area contributed by atoms with Crippen LogP contribution < -0.4 is 0 Å². The summed E-state index contributed by atoms with van der Waals surface area (Å²) in [5, 5.41) is 0. The molecule has 3 unspecified atom stereocenters. The van der Waals surface area contributed by atoms with E-state index in [1.165, 1.54) is 0 Å². The van der Waals surface area contributed by atoms with Gasteiger partial charge in [-0.2, -0.15) is 0 Å². The van der Waals surface area contributed by atoms with Gasteiger partial charge < -0.3 is 0 Å². The second kappa shape index (κ2) is 7.24. The van der Waals surface area contributed by atoms with Crippen LogP contribution in [0.5, 0.6) is 0 Å². The molecular formula is C15H18Cl6. The van der Waals surface area contributed by atoms with E-state index < -0.39 is 14.6 Å². The number of halogens is 6. The van der Waals surface area contributed by atoms with Gasteiger partial charge in [-0.25, -0.2) is 0 Å². The van der Waals surface area contributed by atoms with Gasteiger partial charge in [0.1, 0.15) is 0 Å². The summed E-state index contributed by atoms with van der Waals surface area (Å²) in [5.74, 6) is 0.783. The summed E-state index contributed by atoms with van der Waals surface area (Å²) in [6.45, 7) is 5.55. The molecule has 0 aliphatic heterocycles. The number of benzene rings is 1. The largest absolute Gasteiger partial charge is 0.124 e. The fraction of sp³-hybridized carbons (Fsp3) is 0.600. The molecule has 3 atom stereocenters. The van der Waals surface area contributed by atoms with Crippen LogP contribution in [-0.2, 0) is 14.6 Å². The summed E-state index contributed by atoms with van der Waals surface area (Å²) >= 11 is 37.4. The molecule has 1 rings (SSSR count). The predicted octanol–water partition coefficient (Wildman–Crippen LogP) is 6.77. The fourth-order valence-electron chi connectivity index (χ4n) is 1.76. The van der Waals surface area contributed by atoms with E-state index in [-0.39, 0.29) is 17.6 Å². The predicted molar refractivity (Wildman–Crippen MR) is 98.2 cm³/mol.